The maximum Gasteiger partial charge on any atom is 0.254 e. The van der Waals surface area contributed by atoms with Crippen molar-refractivity contribution in [3.05, 3.63) is 53.1 Å². The van der Waals surface area contributed by atoms with Crippen LogP contribution in [0.4, 0.5) is 0 Å². The van der Waals surface area contributed by atoms with Crippen molar-refractivity contribution in [2.45, 2.75) is 20.4 Å². The van der Waals surface area contributed by atoms with E-state index in [1.54, 1.807) is 18.2 Å². The SMILES string of the molecule is CC1(C)CON(CC2C=C/C(=N/Cc3ccccc3O)C=C2Cl)C1=O. The second-order valence-corrected chi connectivity index (χ2v) is 7.32. The van der Waals surface area contributed by atoms with Crippen molar-refractivity contribution in [2.75, 3.05) is 13.2 Å². The highest BCUT2D eigenvalue weighted by Crippen LogP contribution is 2.30. The van der Waals surface area contributed by atoms with Crippen molar-refractivity contribution >= 4 is 23.2 Å². The highest BCUT2D eigenvalue weighted by Gasteiger charge is 2.41. The number of allylic oxidation sites excluding steroid dienone is 2. The van der Waals surface area contributed by atoms with Gasteiger partial charge in [-0.25, -0.2) is 5.06 Å². The molecule has 1 aliphatic heterocycles. The molecule has 25 heavy (non-hydrogen) atoms. The number of amides is 1. The Bertz CT molecular complexity index is 768. The Hall–Kier alpha value is -2.11. The number of aromatic hydroxyl groups is 1. The quantitative estimate of drug-likeness (QED) is 0.894. The highest BCUT2D eigenvalue weighted by atomic mass is 35.5. The second kappa shape index (κ2) is 7.02. The van der Waals surface area contributed by atoms with Crippen LogP contribution in [0.3, 0.4) is 0 Å². The highest BCUT2D eigenvalue weighted by molar-refractivity contribution is 6.32. The third kappa shape index (κ3) is 3.94. The molecule has 0 spiro atoms. The van der Waals surface area contributed by atoms with Gasteiger partial charge in [0.05, 0.1) is 30.8 Å². The Labute approximate surface area is 152 Å². The Morgan fingerprint density at radius 3 is 2.80 bits per heavy atom. The van der Waals surface area contributed by atoms with Gasteiger partial charge in [-0.05, 0) is 32.1 Å². The van der Waals surface area contributed by atoms with Crippen molar-refractivity contribution in [3.8, 4) is 5.75 Å². The van der Waals surface area contributed by atoms with Crippen molar-refractivity contribution in [1.29, 1.82) is 0 Å². The molecule has 1 N–H and O–H groups in total. The van der Waals surface area contributed by atoms with Crippen LogP contribution in [0.2, 0.25) is 0 Å². The smallest absolute Gasteiger partial charge is 0.254 e. The lowest BCUT2D eigenvalue weighted by atomic mass is 9.94. The Kier molecular flexibility index (Phi) is 4.97. The maximum atomic E-state index is 12.2. The normalized spacial score (nSPS) is 24.0. The van der Waals surface area contributed by atoms with E-state index in [1.807, 2.05) is 38.1 Å². The lowest BCUT2D eigenvalue weighted by molar-refractivity contribution is -0.163. The molecule has 1 unspecified atom stereocenters. The van der Waals surface area contributed by atoms with Gasteiger partial charge in [0.1, 0.15) is 5.75 Å². The van der Waals surface area contributed by atoms with Gasteiger partial charge in [-0.2, -0.15) is 0 Å². The third-order valence-electron chi connectivity index (χ3n) is 4.31. The Morgan fingerprint density at radius 1 is 1.40 bits per heavy atom. The van der Waals surface area contributed by atoms with Gasteiger partial charge in [-0.1, -0.05) is 35.9 Å². The van der Waals surface area contributed by atoms with Gasteiger partial charge in [0.25, 0.3) is 5.91 Å². The summed E-state index contributed by atoms with van der Waals surface area (Å²) in [7, 11) is 0. The first-order valence-corrected chi connectivity index (χ1v) is 8.56. The van der Waals surface area contributed by atoms with Gasteiger partial charge in [-0.3, -0.25) is 14.6 Å². The molecule has 2 aliphatic rings. The van der Waals surface area contributed by atoms with E-state index in [-0.39, 0.29) is 17.6 Å². The van der Waals surface area contributed by atoms with Crippen LogP contribution in [-0.4, -0.2) is 34.9 Å². The van der Waals surface area contributed by atoms with Gasteiger partial charge in [0.15, 0.2) is 0 Å². The van der Waals surface area contributed by atoms with E-state index in [2.05, 4.69) is 4.99 Å². The fraction of sp³-hybridized carbons (Fsp3) is 0.368. The minimum absolute atomic E-state index is 0.0237. The fourth-order valence-electron chi connectivity index (χ4n) is 2.68. The maximum absolute atomic E-state index is 12.2. The number of para-hydroxylation sites is 1. The molecule has 0 saturated carbocycles. The molecular weight excluding hydrogens is 340 g/mol. The van der Waals surface area contributed by atoms with Crippen molar-refractivity contribution in [1.82, 2.24) is 5.06 Å². The summed E-state index contributed by atoms with van der Waals surface area (Å²) >= 11 is 6.37. The zero-order valence-corrected chi connectivity index (χ0v) is 15.0. The predicted molar refractivity (Wildman–Crippen MR) is 97.3 cm³/mol. The molecule has 1 atom stereocenters. The number of phenols is 1. The summed E-state index contributed by atoms with van der Waals surface area (Å²) in [6, 6.07) is 7.11. The van der Waals surface area contributed by atoms with Crippen LogP contribution in [0.25, 0.3) is 0 Å². The van der Waals surface area contributed by atoms with Gasteiger partial charge in [-0.15, -0.1) is 0 Å². The second-order valence-electron chi connectivity index (χ2n) is 6.89. The largest absolute Gasteiger partial charge is 0.508 e. The van der Waals surface area contributed by atoms with Gasteiger partial charge >= 0.3 is 0 Å². The zero-order chi connectivity index (χ0) is 18.0. The predicted octanol–water partition coefficient (Wildman–Crippen LogP) is 3.44. The minimum Gasteiger partial charge on any atom is -0.508 e. The number of phenolic OH excluding ortho intramolecular Hbond substituents is 1. The first-order chi connectivity index (χ1) is 11.9. The average molecular weight is 361 g/mol. The van der Waals surface area contributed by atoms with Crippen LogP contribution in [-0.2, 0) is 16.2 Å². The molecule has 1 aliphatic carbocycles. The number of hydroxylamine groups is 2. The van der Waals surface area contributed by atoms with Crippen LogP contribution in [0.15, 0.2) is 52.5 Å². The molecule has 1 saturated heterocycles. The number of aliphatic imine (C=N–C) groups is 1. The number of hydrogen-bond donors (Lipinski definition) is 1. The molecule has 3 rings (SSSR count). The van der Waals surface area contributed by atoms with E-state index < -0.39 is 5.41 Å². The topological polar surface area (TPSA) is 62.1 Å². The van der Waals surface area contributed by atoms with Crippen LogP contribution in [0.5, 0.6) is 5.75 Å². The molecule has 1 aromatic rings. The number of rotatable bonds is 4. The van der Waals surface area contributed by atoms with Gasteiger partial charge in [0, 0.05) is 16.5 Å². The van der Waals surface area contributed by atoms with Gasteiger partial charge in [0.2, 0.25) is 0 Å². The lowest BCUT2D eigenvalue weighted by Crippen LogP contribution is -2.34. The van der Waals surface area contributed by atoms with E-state index in [4.69, 9.17) is 16.4 Å². The molecule has 1 heterocycles. The number of hydrogen-bond acceptors (Lipinski definition) is 4. The van der Waals surface area contributed by atoms with Crippen molar-refractivity contribution in [2.24, 2.45) is 16.3 Å². The van der Waals surface area contributed by atoms with Crippen LogP contribution >= 0.6 is 11.6 Å². The molecule has 0 radical (unpaired) electrons. The molecule has 5 nitrogen and oxygen atoms in total. The first-order valence-electron chi connectivity index (χ1n) is 8.18. The standard InChI is InChI=1S/C19H21ClN2O3/c1-19(2)12-25-22(18(19)24)11-14-7-8-15(9-16(14)20)21-10-13-5-3-4-6-17(13)23/h3-9,14,23H,10-12H2,1-2H3/b21-15-. The van der Waals surface area contributed by atoms with Crippen LogP contribution in [0.1, 0.15) is 19.4 Å². The molecule has 1 fully saturated rings. The summed E-state index contributed by atoms with van der Waals surface area (Å²) in [5, 5.41) is 11.8. The van der Waals surface area contributed by atoms with E-state index in [1.165, 1.54) is 5.06 Å². The number of carbonyl (C=O) groups excluding carboxylic acids is 1. The molecular formula is C19H21ClN2O3. The van der Waals surface area contributed by atoms with Crippen LogP contribution < -0.4 is 0 Å². The first kappa shape index (κ1) is 17.7. The summed E-state index contributed by atoms with van der Waals surface area (Å²) in [4.78, 5) is 22.2. The summed E-state index contributed by atoms with van der Waals surface area (Å²) in [6.07, 6.45) is 5.59. The molecule has 1 amide bonds. The summed E-state index contributed by atoms with van der Waals surface area (Å²) in [6.45, 7) is 4.89. The molecule has 0 aromatic heterocycles. The van der Waals surface area contributed by atoms with E-state index >= 15 is 0 Å². The Morgan fingerprint density at radius 2 is 2.16 bits per heavy atom. The van der Waals surface area contributed by atoms with E-state index in [0.29, 0.717) is 24.7 Å². The summed E-state index contributed by atoms with van der Waals surface area (Å²) < 4.78 is 0. The third-order valence-corrected chi connectivity index (χ3v) is 4.70. The van der Waals surface area contributed by atoms with Crippen molar-refractivity contribution in [3.63, 3.8) is 0 Å². The molecule has 6 heteroatoms. The summed E-state index contributed by atoms with van der Waals surface area (Å²) in [5.41, 5.74) is 1.01. The number of halogens is 1. The molecule has 132 valence electrons. The summed E-state index contributed by atoms with van der Waals surface area (Å²) in [5.74, 6) is 0.0971. The molecule has 1 aromatic carbocycles. The van der Waals surface area contributed by atoms with Gasteiger partial charge < -0.3 is 5.11 Å². The van der Waals surface area contributed by atoms with E-state index in [0.717, 1.165) is 11.3 Å². The average Bonchev–Trinajstić information content (AvgIpc) is 2.83. The lowest BCUT2D eigenvalue weighted by Gasteiger charge is -2.22. The van der Waals surface area contributed by atoms with Crippen LogP contribution in [0, 0.1) is 11.3 Å². The number of nitrogens with zero attached hydrogens (tertiary/aromatic N) is 2. The van der Waals surface area contributed by atoms with Crippen molar-refractivity contribution < 1.29 is 14.7 Å². The monoisotopic (exact) mass is 360 g/mol. The number of benzene rings is 1. The van der Waals surface area contributed by atoms with E-state index in [9.17, 15) is 9.90 Å². The fourth-order valence-corrected chi connectivity index (χ4v) is 2.94. The zero-order valence-electron chi connectivity index (χ0n) is 14.3. The Balaban J connectivity index is 1.64. The number of carbonyl (C=O) groups is 1. The minimum atomic E-state index is -0.487. The molecule has 0 bridgehead atoms.